The average molecular weight is 515 g/mol. The van der Waals surface area contributed by atoms with Crippen molar-refractivity contribution >= 4 is 41.5 Å². The lowest BCUT2D eigenvalue weighted by Gasteiger charge is -2.13. The summed E-state index contributed by atoms with van der Waals surface area (Å²) in [6.07, 6.45) is -3.01. The molecule has 2 aromatic rings. The summed E-state index contributed by atoms with van der Waals surface area (Å²) in [5.41, 5.74) is 1.63. The van der Waals surface area contributed by atoms with E-state index in [1.807, 2.05) is 18.2 Å². The van der Waals surface area contributed by atoms with Gasteiger partial charge >= 0.3 is 6.18 Å². The maximum absolute atomic E-state index is 12.2. The van der Waals surface area contributed by atoms with E-state index in [1.165, 1.54) is 12.3 Å². The Morgan fingerprint density at radius 2 is 1.89 bits per heavy atom. The highest BCUT2D eigenvalue weighted by Gasteiger charge is 2.28. The molecular weight excluding hydrogens is 496 g/mol. The minimum absolute atomic E-state index is 0. The minimum atomic E-state index is -4.40. The molecule has 0 bridgehead atoms. The van der Waals surface area contributed by atoms with Crippen LogP contribution in [0.4, 0.5) is 13.2 Å². The lowest BCUT2D eigenvalue weighted by Crippen LogP contribution is -2.36. The second-order valence-electron chi connectivity index (χ2n) is 5.28. The minimum Gasteiger partial charge on any atom is -0.468 e. The fourth-order valence-electron chi connectivity index (χ4n) is 2.02. The molecule has 0 atom stereocenters. The number of rotatable bonds is 6. The molecule has 0 fully saturated rings. The lowest BCUT2D eigenvalue weighted by molar-refractivity contribution is -0.154. The van der Waals surface area contributed by atoms with Crippen LogP contribution in [0.3, 0.4) is 0 Å². The first-order chi connectivity index (χ1) is 12.4. The molecule has 0 saturated carbocycles. The first-order valence-corrected chi connectivity index (χ1v) is 8.07. The standard InChI is InChI=1S/C17H18ClF3N4O.HI/c1-22-16(25-10-13-4-2-3-5-14(13)18)24-9-12-6-7-23-15(8-12)26-11-17(19,20)21;/h2-8H,9-11H2,1H3,(H2,22,24,25);1H. The second kappa shape index (κ2) is 11.2. The van der Waals surface area contributed by atoms with E-state index in [1.54, 1.807) is 19.2 Å². The third-order valence-corrected chi connectivity index (χ3v) is 3.64. The highest BCUT2D eigenvalue weighted by atomic mass is 127. The van der Waals surface area contributed by atoms with Gasteiger partial charge in [0, 0.05) is 37.4 Å². The van der Waals surface area contributed by atoms with Crippen LogP contribution in [0.25, 0.3) is 0 Å². The first kappa shape index (κ1) is 23.3. The van der Waals surface area contributed by atoms with E-state index in [0.29, 0.717) is 29.6 Å². The van der Waals surface area contributed by atoms with Crippen LogP contribution in [0.15, 0.2) is 47.6 Å². The molecule has 0 amide bonds. The number of nitrogens with zero attached hydrogens (tertiary/aromatic N) is 2. The zero-order valence-corrected chi connectivity index (χ0v) is 17.5. The fraction of sp³-hybridized carbons (Fsp3) is 0.294. The molecule has 10 heteroatoms. The van der Waals surface area contributed by atoms with E-state index < -0.39 is 12.8 Å². The van der Waals surface area contributed by atoms with Crippen LogP contribution in [0.1, 0.15) is 11.1 Å². The Balaban J connectivity index is 0.00000364. The van der Waals surface area contributed by atoms with E-state index in [-0.39, 0.29) is 29.9 Å². The summed E-state index contributed by atoms with van der Waals surface area (Å²) in [5.74, 6) is 0.445. The van der Waals surface area contributed by atoms with E-state index in [4.69, 9.17) is 11.6 Å². The third-order valence-electron chi connectivity index (χ3n) is 3.27. The van der Waals surface area contributed by atoms with Gasteiger partial charge in [-0.3, -0.25) is 4.99 Å². The highest BCUT2D eigenvalue weighted by molar-refractivity contribution is 14.0. The number of ether oxygens (including phenoxy) is 1. The average Bonchev–Trinajstić information content (AvgIpc) is 2.61. The van der Waals surface area contributed by atoms with Crippen LogP contribution in [0, 0.1) is 0 Å². The van der Waals surface area contributed by atoms with Crippen molar-refractivity contribution in [3.05, 3.63) is 58.7 Å². The molecule has 0 aliphatic rings. The lowest BCUT2D eigenvalue weighted by atomic mass is 10.2. The Morgan fingerprint density at radius 1 is 1.19 bits per heavy atom. The van der Waals surface area contributed by atoms with Crippen molar-refractivity contribution in [3.63, 3.8) is 0 Å². The fourth-order valence-corrected chi connectivity index (χ4v) is 2.22. The van der Waals surface area contributed by atoms with Crippen LogP contribution in [0.5, 0.6) is 5.88 Å². The summed E-state index contributed by atoms with van der Waals surface area (Å²) in [6, 6.07) is 10.6. The van der Waals surface area contributed by atoms with Crippen molar-refractivity contribution in [1.82, 2.24) is 15.6 Å². The van der Waals surface area contributed by atoms with Crippen molar-refractivity contribution in [2.24, 2.45) is 4.99 Å². The number of benzene rings is 1. The Kier molecular flexibility index (Phi) is 9.64. The van der Waals surface area contributed by atoms with Gasteiger partial charge in [0.25, 0.3) is 0 Å². The van der Waals surface area contributed by atoms with Gasteiger partial charge in [-0.2, -0.15) is 13.2 Å². The largest absolute Gasteiger partial charge is 0.468 e. The quantitative estimate of drug-likeness (QED) is 0.345. The van der Waals surface area contributed by atoms with E-state index >= 15 is 0 Å². The molecule has 0 unspecified atom stereocenters. The molecule has 27 heavy (non-hydrogen) atoms. The Bertz CT molecular complexity index is 759. The molecule has 0 radical (unpaired) electrons. The maximum Gasteiger partial charge on any atom is 0.422 e. The van der Waals surface area contributed by atoms with Crippen LogP contribution in [0.2, 0.25) is 5.02 Å². The number of guanidine groups is 1. The third kappa shape index (κ3) is 8.65. The predicted octanol–water partition coefficient (Wildman–Crippen LogP) is 4.16. The van der Waals surface area contributed by atoms with Gasteiger partial charge in [0.1, 0.15) is 0 Å². The van der Waals surface area contributed by atoms with Crippen molar-refractivity contribution < 1.29 is 17.9 Å². The highest BCUT2D eigenvalue weighted by Crippen LogP contribution is 2.17. The number of pyridine rings is 1. The maximum atomic E-state index is 12.2. The summed E-state index contributed by atoms with van der Waals surface area (Å²) in [7, 11) is 1.62. The van der Waals surface area contributed by atoms with Gasteiger partial charge < -0.3 is 15.4 Å². The Labute approximate surface area is 177 Å². The summed E-state index contributed by atoms with van der Waals surface area (Å²) >= 11 is 6.10. The van der Waals surface area contributed by atoms with Gasteiger partial charge in [0.15, 0.2) is 12.6 Å². The van der Waals surface area contributed by atoms with Crippen LogP contribution >= 0.6 is 35.6 Å². The molecule has 1 aromatic carbocycles. The first-order valence-electron chi connectivity index (χ1n) is 7.70. The number of hydrogen-bond donors (Lipinski definition) is 2. The van der Waals surface area contributed by atoms with Crippen LogP contribution in [-0.4, -0.2) is 30.8 Å². The van der Waals surface area contributed by atoms with E-state index in [2.05, 4.69) is 25.3 Å². The number of halogens is 5. The van der Waals surface area contributed by atoms with Crippen LogP contribution < -0.4 is 15.4 Å². The molecule has 0 saturated heterocycles. The van der Waals surface area contributed by atoms with Crippen molar-refractivity contribution in [1.29, 1.82) is 0 Å². The van der Waals surface area contributed by atoms with Gasteiger partial charge in [0.05, 0.1) is 0 Å². The molecular formula is C17H19ClF3IN4O. The van der Waals surface area contributed by atoms with Gasteiger partial charge in [0.2, 0.25) is 5.88 Å². The molecule has 0 spiro atoms. The summed E-state index contributed by atoms with van der Waals surface area (Å²) in [5, 5.41) is 6.83. The molecule has 2 N–H and O–H groups in total. The monoisotopic (exact) mass is 514 g/mol. The predicted molar refractivity (Wildman–Crippen MR) is 110 cm³/mol. The summed E-state index contributed by atoms with van der Waals surface area (Å²) in [6.45, 7) is -0.555. The molecule has 0 aliphatic heterocycles. The van der Waals surface area contributed by atoms with E-state index in [0.717, 1.165) is 5.56 Å². The van der Waals surface area contributed by atoms with E-state index in [9.17, 15) is 13.2 Å². The smallest absolute Gasteiger partial charge is 0.422 e. The van der Waals surface area contributed by atoms with Gasteiger partial charge in [-0.25, -0.2) is 4.98 Å². The van der Waals surface area contributed by atoms with Gasteiger partial charge in [-0.1, -0.05) is 29.8 Å². The number of aliphatic imine (C=N–C) groups is 1. The molecule has 1 heterocycles. The second-order valence-corrected chi connectivity index (χ2v) is 5.68. The SMILES string of the molecule is CN=C(NCc1ccnc(OCC(F)(F)F)c1)NCc1ccccc1Cl.I. The van der Waals surface area contributed by atoms with Crippen LogP contribution in [-0.2, 0) is 13.1 Å². The Morgan fingerprint density at radius 3 is 2.56 bits per heavy atom. The number of hydrogen-bond acceptors (Lipinski definition) is 3. The Hall–Kier alpha value is -1.75. The molecule has 1 aromatic heterocycles. The molecule has 5 nitrogen and oxygen atoms in total. The number of alkyl halides is 3. The zero-order valence-electron chi connectivity index (χ0n) is 14.4. The number of aromatic nitrogens is 1. The molecule has 0 aliphatic carbocycles. The van der Waals surface area contributed by atoms with Crippen molar-refractivity contribution in [2.75, 3.05) is 13.7 Å². The summed E-state index contributed by atoms with van der Waals surface area (Å²) < 4.78 is 41.2. The zero-order chi connectivity index (χ0) is 19.0. The van der Waals surface area contributed by atoms with Crippen molar-refractivity contribution in [3.8, 4) is 5.88 Å². The van der Waals surface area contributed by atoms with Crippen molar-refractivity contribution in [2.45, 2.75) is 19.3 Å². The summed E-state index contributed by atoms with van der Waals surface area (Å²) in [4.78, 5) is 7.86. The number of nitrogens with one attached hydrogen (secondary N) is 2. The topological polar surface area (TPSA) is 58.5 Å². The normalized spacial score (nSPS) is 11.5. The molecule has 2 rings (SSSR count). The molecule has 148 valence electrons. The van der Waals surface area contributed by atoms with Gasteiger partial charge in [-0.05, 0) is 23.3 Å². The van der Waals surface area contributed by atoms with Gasteiger partial charge in [-0.15, -0.1) is 24.0 Å².